The third kappa shape index (κ3) is 15.3. The summed E-state index contributed by atoms with van der Waals surface area (Å²) >= 11 is 0. The predicted octanol–water partition coefficient (Wildman–Crippen LogP) is 4.46. The molecule has 0 saturated heterocycles. The van der Waals surface area contributed by atoms with Crippen molar-refractivity contribution in [2.24, 2.45) is 0 Å². The highest BCUT2D eigenvalue weighted by atomic mass is 16.1. The Morgan fingerprint density at radius 3 is 1.00 bits per heavy atom. The van der Waals surface area contributed by atoms with Crippen LogP contribution in [0.15, 0.2) is 0 Å². The van der Waals surface area contributed by atoms with E-state index in [1.807, 2.05) is 0 Å². The predicted molar refractivity (Wildman–Crippen MR) is 72.1 cm³/mol. The molecule has 0 radical (unpaired) electrons. The second-order valence-electron chi connectivity index (χ2n) is 5.09. The van der Waals surface area contributed by atoms with Gasteiger partial charge in [-0.05, 0) is 26.7 Å². The second kappa shape index (κ2) is 11.8. The van der Waals surface area contributed by atoms with Crippen LogP contribution in [0.2, 0.25) is 0 Å². The summed E-state index contributed by atoms with van der Waals surface area (Å²) in [7, 11) is 0. The molecule has 0 rings (SSSR count). The standard InChI is InChI=1S/C15H28O2/c1-14(16)12-10-8-6-4-3-5-7-9-11-13-15(2)17/h3-13H2,1-2H3. The van der Waals surface area contributed by atoms with Gasteiger partial charge in [0.05, 0.1) is 0 Å². The third-order valence-corrected chi connectivity index (χ3v) is 3.06. The maximum absolute atomic E-state index is 10.7. The number of ketones is 2. The van der Waals surface area contributed by atoms with E-state index in [0.717, 1.165) is 25.7 Å². The zero-order valence-corrected chi connectivity index (χ0v) is 11.6. The first-order valence-electron chi connectivity index (χ1n) is 7.12. The van der Waals surface area contributed by atoms with E-state index >= 15 is 0 Å². The molecule has 100 valence electrons. The zero-order chi connectivity index (χ0) is 12.9. The van der Waals surface area contributed by atoms with Crippen molar-refractivity contribution in [1.82, 2.24) is 0 Å². The molecule has 0 amide bonds. The molecule has 0 aliphatic heterocycles. The monoisotopic (exact) mass is 240 g/mol. The van der Waals surface area contributed by atoms with Crippen LogP contribution in [0, 0.1) is 0 Å². The number of unbranched alkanes of at least 4 members (excludes halogenated alkanes) is 8. The van der Waals surface area contributed by atoms with Crippen molar-refractivity contribution >= 4 is 11.6 Å². The molecular weight excluding hydrogens is 212 g/mol. The van der Waals surface area contributed by atoms with Crippen molar-refractivity contribution in [3.05, 3.63) is 0 Å². The summed E-state index contributed by atoms with van der Waals surface area (Å²) in [6.45, 7) is 3.34. The molecular formula is C15H28O2. The summed E-state index contributed by atoms with van der Waals surface area (Å²) in [5.74, 6) is 0.631. The van der Waals surface area contributed by atoms with E-state index in [2.05, 4.69) is 0 Å². The number of Topliss-reactive ketones (excluding diaryl/α,β-unsaturated/α-hetero) is 2. The van der Waals surface area contributed by atoms with E-state index in [0.29, 0.717) is 11.6 Å². The summed E-state index contributed by atoms with van der Waals surface area (Å²) < 4.78 is 0. The van der Waals surface area contributed by atoms with Gasteiger partial charge in [0, 0.05) is 12.8 Å². The molecule has 0 atom stereocenters. The van der Waals surface area contributed by atoms with Gasteiger partial charge >= 0.3 is 0 Å². The van der Waals surface area contributed by atoms with Crippen LogP contribution >= 0.6 is 0 Å². The van der Waals surface area contributed by atoms with Crippen molar-refractivity contribution < 1.29 is 9.59 Å². The van der Waals surface area contributed by atoms with Gasteiger partial charge in [0.25, 0.3) is 0 Å². The van der Waals surface area contributed by atoms with E-state index in [1.54, 1.807) is 13.8 Å². The Hall–Kier alpha value is -0.660. The molecule has 0 bridgehead atoms. The topological polar surface area (TPSA) is 34.1 Å². The van der Waals surface area contributed by atoms with Crippen LogP contribution in [0.25, 0.3) is 0 Å². The minimum absolute atomic E-state index is 0.315. The van der Waals surface area contributed by atoms with Crippen LogP contribution in [-0.2, 0) is 9.59 Å². The Labute approximate surface area is 106 Å². The molecule has 2 nitrogen and oxygen atoms in total. The van der Waals surface area contributed by atoms with Crippen molar-refractivity contribution in [2.75, 3.05) is 0 Å². The molecule has 0 fully saturated rings. The first-order chi connectivity index (χ1) is 8.13. The molecule has 0 spiro atoms. The highest BCUT2D eigenvalue weighted by Crippen LogP contribution is 2.11. The highest BCUT2D eigenvalue weighted by molar-refractivity contribution is 5.75. The van der Waals surface area contributed by atoms with Crippen LogP contribution < -0.4 is 0 Å². The van der Waals surface area contributed by atoms with Gasteiger partial charge in [-0.2, -0.15) is 0 Å². The minimum atomic E-state index is 0.315. The van der Waals surface area contributed by atoms with Gasteiger partial charge in [-0.1, -0.05) is 44.9 Å². The summed E-state index contributed by atoms with van der Waals surface area (Å²) in [5.41, 5.74) is 0. The zero-order valence-electron chi connectivity index (χ0n) is 11.6. The quantitative estimate of drug-likeness (QED) is 0.472. The molecule has 0 aromatic rings. The number of carbonyl (C=O) groups is 2. The van der Waals surface area contributed by atoms with Gasteiger partial charge in [-0.25, -0.2) is 0 Å². The SMILES string of the molecule is CC(=O)CCCCCCCCCCCC(C)=O. The highest BCUT2D eigenvalue weighted by Gasteiger charge is 1.96. The van der Waals surface area contributed by atoms with Crippen LogP contribution in [-0.4, -0.2) is 11.6 Å². The van der Waals surface area contributed by atoms with E-state index in [-0.39, 0.29) is 0 Å². The Kier molecular flexibility index (Phi) is 11.4. The van der Waals surface area contributed by atoms with E-state index in [1.165, 1.54) is 44.9 Å². The van der Waals surface area contributed by atoms with Crippen LogP contribution in [0.4, 0.5) is 0 Å². The molecule has 0 unspecified atom stereocenters. The Morgan fingerprint density at radius 1 is 0.529 bits per heavy atom. The third-order valence-electron chi connectivity index (χ3n) is 3.06. The molecule has 0 saturated carbocycles. The van der Waals surface area contributed by atoms with Gasteiger partial charge in [-0.15, -0.1) is 0 Å². The summed E-state index contributed by atoms with van der Waals surface area (Å²) in [6, 6.07) is 0. The van der Waals surface area contributed by atoms with Crippen molar-refractivity contribution in [3.8, 4) is 0 Å². The number of hydrogen-bond acceptors (Lipinski definition) is 2. The van der Waals surface area contributed by atoms with E-state index in [9.17, 15) is 9.59 Å². The van der Waals surface area contributed by atoms with Crippen molar-refractivity contribution in [3.63, 3.8) is 0 Å². The lowest BCUT2D eigenvalue weighted by atomic mass is 10.0. The molecule has 0 N–H and O–H groups in total. The smallest absolute Gasteiger partial charge is 0.129 e. The lowest BCUT2D eigenvalue weighted by Crippen LogP contribution is -1.90. The fourth-order valence-electron chi connectivity index (χ4n) is 1.99. The van der Waals surface area contributed by atoms with Gasteiger partial charge in [-0.3, -0.25) is 0 Å². The first kappa shape index (κ1) is 16.3. The molecule has 17 heavy (non-hydrogen) atoms. The lowest BCUT2D eigenvalue weighted by molar-refractivity contribution is -0.117. The maximum atomic E-state index is 10.7. The summed E-state index contributed by atoms with van der Waals surface area (Å²) in [4.78, 5) is 21.4. The van der Waals surface area contributed by atoms with Gasteiger partial charge in [0.1, 0.15) is 11.6 Å². The van der Waals surface area contributed by atoms with Gasteiger partial charge in [0.2, 0.25) is 0 Å². The first-order valence-corrected chi connectivity index (χ1v) is 7.12. The molecule has 0 heterocycles. The Morgan fingerprint density at radius 2 is 0.765 bits per heavy atom. The van der Waals surface area contributed by atoms with Crippen LogP contribution in [0.1, 0.15) is 84.5 Å². The number of carbonyl (C=O) groups excluding carboxylic acids is 2. The van der Waals surface area contributed by atoms with Gasteiger partial charge in [0.15, 0.2) is 0 Å². The largest absolute Gasteiger partial charge is 0.300 e. The van der Waals surface area contributed by atoms with Gasteiger partial charge < -0.3 is 9.59 Å². The molecule has 2 heteroatoms. The van der Waals surface area contributed by atoms with E-state index in [4.69, 9.17) is 0 Å². The normalized spacial score (nSPS) is 10.5. The minimum Gasteiger partial charge on any atom is -0.300 e. The molecule has 0 aromatic heterocycles. The summed E-state index contributed by atoms with van der Waals surface area (Å²) in [5, 5.41) is 0. The average Bonchev–Trinajstić information content (AvgIpc) is 2.25. The lowest BCUT2D eigenvalue weighted by Gasteiger charge is -2.01. The molecule has 0 aliphatic rings. The Bertz CT molecular complexity index is 187. The number of hydrogen-bond donors (Lipinski definition) is 0. The fraction of sp³-hybridized carbons (Fsp3) is 0.867. The van der Waals surface area contributed by atoms with Crippen molar-refractivity contribution in [1.29, 1.82) is 0 Å². The maximum Gasteiger partial charge on any atom is 0.129 e. The van der Waals surface area contributed by atoms with Crippen molar-refractivity contribution in [2.45, 2.75) is 84.5 Å². The van der Waals surface area contributed by atoms with E-state index < -0.39 is 0 Å². The van der Waals surface area contributed by atoms with Crippen LogP contribution in [0.5, 0.6) is 0 Å². The van der Waals surface area contributed by atoms with Crippen LogP contribution in [0.3, 0.4) is 0 Å². The summed E-state index contributed by atoms with van der Waals surface area (Å²) in [6.07, 6.45) is 12.5. The number of rotatable bonds is 12. The fourth-order valence-corrected chi connectivity index (χ4v) is 1.99. The second-order valence-corrected chi connectivity index (χ2v) is 5.09. The average molecular weight is 240 g/mol. The molecule has 0 aromatic carbocycles. The Balaban J connectivity index is 2.98. The molecule has 0 aliphatic carbocycles.